The van der Waals surface area contributed by atoms with Crippen LogP contribution in [0.15, 0.2) is 88.5 Å². The van der Waals surface area contributed by atoms with Crippen molar-refractivity contribution in [1.82, 2.24) is 13.7 Å². The molecule has 2 heterocycles. The van der Waals surface area contributed by atoms with Crippen LogP contribution in [-0.2, 0) is 20.1 Å². The summed E-state index contributed by atoms with van der Waals surface area (Å²) in [6.45, 7) is 2.66. The van der Waals surface area contributed by atoms with Gasteiger partial charge in [0.1, 0.15) is 5.52 Å². The van der Waals surface area contributed by atoms with E-state index in [1.54, 1.807) is 4.57 Å². The van der Waals surface area contributed by atoms with E-state index < -0.39 is 0 Å². The van der Waals surface area contributed by atoms with Gasteiger partial charge in [-0.2, -0.15) is 0 Å². The molecule has 0 aliphatic heterocycles. The maximum Gasteiger partial charge on any atom is 0.332 e. The molecule has 0 fully saturated rings. The van der Waals surface area contributed by atoms with E-state index in [1.165, 1.54) is 4.57 Å². The fourth-order valence-electron chi connectivity index (χ4n) is 4.33. The topological polar surface area (TPSA) is 48.9 Å². The van der Waals surface area contributed by atoms with Crippen molar-refractivity contribution < 1.29 is 0 Å². The van der Waals surface area contributed by atoms with Crippen LogP contribution < -0.4 is 11.2 Å². The van der Waals surface area contributed by atoms with Crippen molar-refractivity contribution in [2.24, 2.45) is 7.05 Å². The van der Waals surface area contributed by atoms with Crippen molar-refractivity contribution in [3.8, 4) is 0 Å². The van der Waals surface area contributed by atoms with Crippen LogP contribution in [0.2, 0.25) is 0 Å². The molecular formula is C26H23N3O2. The fourth-order valence-corrected chi connectivity index (χ4v) is 4.33. The van der Waals surface area contributed by atoms with Gasteiger partial charge in [0.2, 0.25) is 0 Å². The summed E-state index contributed by atoms with van der Waals surface area (Å²) in [5.74, 6) is 0. The molecule has 5 heteroatoms. The van der Waals surface area contributed by atoms with Gasteiger partial charge in [-0.15, -0.1) is 0 Å². The normalized spacial score (nSPS) is 11.4. The molecule has 0 saturated heterocycles. The lowest BCUT2D eigenvalue weighted by atomic mass is 10.1. The zero-order valence-corrected chi connectivity index (χ0v) is 17.6. The highest BCUT2D eigenvalue weighted by atomic mass is 16.2. The molecule has 0 spiro atoms. The largest absolute Gasteiger partial charge is 0.338 e. The number of aryl methyl sites for hydroxylation is 2. The first-order chi connectivity index (χ1) is 15.0. The summed E-state index contributed by atoms with van der Waals surface area (Å²) in [6, 6.07) is 25.6. The Morgan fingerprint density at radius 3 is 1.90 bits per heavy atom. The predicted molar refractivity (Wildman–Crippen MR) is 125 cm³/mol. The molecule has 0 saturated carbocycles. The van der Waals surface area contributed by atoms with E-state index in [0.717, 1.165) is 27.6 Å². The molecule has 154 valence electrons. The third kappa shape index (κ3) is 3.19. The van der Waals surface area contributed by atoms with Gasteiger partial charge in [0.15, 0.2) is 0 Å². The van der Waals surface area contributed by atoms with Crippen molar-refractivity contribution >= 4 is 21.9 Å². The van der Waals surface area contributed by atoms with Crippen molar-refractivity contribution in [3.05, 3.63) is 116 Å². The molecule has 5 aromatic rings. The molecule has 0 unspecified atom stereocenters. The second kappa shape index (κ2) is 7.43. The standard InChI is InChI=1S/C26H23N3O2/c1-18-13-14-22-21(15-18)23-24(27(22)2)25(30)29(17-20-11-7-4-8-12-20)26(31)28(23)16-19-9-5-3-6-10-19/h3-15H,16-17H2,1-2H3. The minimum Gasteiger partial charge on any atom is -0.338 e. The van der Waals surface area contributed by atoms with Gasteiger partial charge in [0, 0.05) is 12.4 Å². The number of benzene rings is 3. The van der Waals surface area contributed by atoms with Crippen LogP contribution in [0.3, 0.4) is 0 Å². The summed E-state index contributed by atoms with van der Waals surface area (Å²) in [5, 5.41) is 0.925. The molecule has 0 N–H and O–H groups in total. The Hall–Kier alpha value is -3.86. The van der Waals surface area contributed by atoms with Crippen LogP contribution in [0, 0.1) is 6.92 Å². The molecule has 0 bridgehead atoms. The SMILES string of the molecule is Cc1ccc2c(c1)c1c(c(=O)n(Cc3ccccc3)c(=O)n1Cc1ccccc1)n2C. The van der Waals surface area contributed by atoms with Crippen molar-refractivity contribution in [3.63, 3.8) is 0 Å². The van der Waals surface area contributed by atoms with Gasteiger partial charge in [0.05, 0.1) is 24.1 Å². The van der Waals surface area contributed by atoms with Crippen LogP contribution in [0.25, 0.3) is 21.9 Å². The number of fused-ring (bicyclic) bond motifs is 3. The first-order valence-electron chi connectivity index (χ1n) is 10.3. The molecule has 0 radical (unpaired) electrons. The highest BCUT2D eigenvalue weighted by molar-refractivity contribution is 6.06. The van der Waals surface area contributed by atoms with Crippen molar-refractivity contribution in [2.75, 3.05) is 0 Å². The average molecular weight is 409 g/mol. The summed E-state index contributed by atoms with van der Waals surface area (Å²) in [5.41, 5.74) is 4.66. The quantitative estimate of drug-likeness (QED) is 0.449. The van der Waals surface area contributed by atoms with Crippen molar-refractivity contribution in [2.45, 2.75) is 20.0 Å². The van der Waals surface area contributed by atoms with Gasteiger partial charge in [0.25, 0.3) is 5.56 Å². The van der Waals surface area contributed by atoms with E-state index >= 15 is 0 Å². The molecule has 31 heavy (non-hydrogen) atoms. The third-order valence-corrected chi connectivity index (χ3v) is 5.87. The number of rotatable bonds is 4. The Morgan fingerprint density at radius 1 is 0.710 bits per heavy atom. The highest BCUT2D eigenvalue weighted by Crippen LogP contribution is 2.27. The summed E-state index contributed by atoms with van der Waals surface area (Å²) in [7, 11) is 1.89. The lowest BCUT2D eigenvalue weighted by molar-refractivity contribution is 0.633. The number of nitrogens with zero attached hydrogens (tertiary/aromatic N) is 3. The molecule has 0 aliphatic carbocycles. The van der Waals surface area contributed by atoms with Gasteiger partial charge in [-0.05, 0) is 30.2 Å². The maximum absolute atomic E-state index is 13.7. The van der Waals surface area contributed by atoms with Crippen LogP contribution in [0.1, 0.15) is 16.7 Å². The van der Waals surface area contributed by atoms with Crippen LogP contribution in [0.4, 0.5) is 0 Å². The van der Waals surface area contributed by atoms with E-state index in [9.17, 15) is 9.59 Å². The molecule has 5 rings (SSSR count). The summed E-state index contributed by atoms with van der Waals surface area (Å²) >= 11 is 0. The minimum absolute atomic E-state index is 0.240. The zero-order chi connectivity index (χ0) is 21.5. The van der Waals surface area contributed by atoms with Gasteiger partial charge in [-0.1, -0.05) is 72.3 Å². The molecule has 2 aromatic heterocycles. The van der Waals surface area contributed by atoms with Gasteiger partial charge < -0.3 is 4.57 Å². The van der Waals surface area contributed by atoms with E-state index in [4.69, 9.17) is 0 Å². The molecule has 0 aliphatic rings. The lowest BCUT2D eigenvalue weighted by Gasteiger charge is -2.13. The Kier molecular flexibility index (Phi) is 4.59. The Labute approximate surface area is 179 Å². The average Bonchev–Trinajstić information content (AvgIpc) is 3.07. The molecule has 5 nitrogen and oxygen atoms in total. The predicted octanol–water partition coefficient (Wildman–Crippen LogP) is 4.06. The third-order valence-electron chi connectivity index (χ3n) is 5.87. The van der Waals surface area contributed by atoms with Gasteiger partial charge >= 0.3 is 5.69 Å². The van der Waals surface area contributed by atoms with Gasteiger partial charge in [-0.3, -0.25) is 13.9 Å². The second-order valence-electron chi connectivity index (χ2n) is 8.01. The first kappa shape index (κ1) is 19.1. The maximum atomic E-state index is 13.7. The zero-order valence-electron chi connectivity index (χ0n) is 17.6. The number of aromatic nitrogens is 3. The van der Waals surface area contributed by atoms with E-state index in [1.807, 2.05) is 91.3 Å². The molecule has 0 amide bonds. The molecule has 3 aromatic carbocycles. The summed E-state index contributed by atoms with van der Waals surface area (Å²) in [6.07, 6.45) is 0. The van der Waals surface area contributed by atoms with Crippen LogP contribution in [-0.4, -0.2) is 13.7 Å². The summed E-state index contributed by atoms with van der Waals surface area (Å²) in [4.78, 5) is 27.2. The van der Waals surface area contributed by atoms with Crippen LogP contribution in [0.5, 0.6) is 0 Å². The molecular weight excluding hydrogens is 386 g/mol. The fraction of sp³-hybridized carbons (Fsp3) is 0.154. The Balaban J connectivity index is 1.87. The smallest absolute Gasteiger partial charge is 0.332 e. The second-order valence-corrected chi connectivity index (χ2v) is 8.01. The van der Waals surface area contributed by atoms with E-state index in [-0.39, 0.29) is 17.8 Å². The first-order valence-corrected chi connectivity index (χ1v) is 10.3. The lowest BCUT2D eigenvalue weighted by Crippen LogP contribution is -2.40. The minimum atomic E-state index is -0.292. The molecule has 0 atom stereocenters. The van der Waals surface area contributed by atoms with Crippen molar-refractivity contribution in [1.29, 1.82) is 0 Å². The summed E-state index contributed by atoms with van der Waals surface area (Å²) < 4.78 is 5.01. The van der Waals surface area contributed by atoms with E-state index in [2.05, 4.69) is 6.07 Å². The monoisotopic (exact) mass is 409 g/mol. The number of hydrogen-bond acceptors (Lipinski definition) is 2. The Morgan fingerprint density at radius 2 is 1.29 bits per heavy atom. The van der Waals surface area contributed by atoms with Gasteiger partial charge in [-0.25, -0.2) is 4.79 Å². The van der Waals surface area contributed by atoms with Crippen LogP contribution >= 0.6 is 0 Å². The highest BCUT2D eigenvalue weighted by Gasteiger charge is 2.20. The number of hydrogen-bond donors (Lipinski definition) is 0. The Bertz CT molecular complexity index is 1520. The van der Waals surface area contributed by atoms with E-state index in [0.29, 0.717) is 17.6 Å².